The summed E-state index contributed by atoms with van der Waals surface area (Å²) in [5.41, 5.74) is 1.89. The number of carbonyl (C=O) groups excluding carboxylic acids is 1. The van der Waals surface area contributed by atoms with E-state index in [4.69, 9.17) is 9.47 Å². The lowest BCUT2D eigenvalue weighted by molar-refractivity contribution is 0.101. The first-order valence-electron chi connectivity index (χ1n) is 10.2. The van der Waals surface area contributed by atoms with Crippen LogP contribution in [0.25, 0.3) is 6.08 Å². The molecule has 0 fully saturated rings. The SMILES string of the molecule is CC(=O)c1ccc(S(=O)(=O)N(C/C=C/c2ccccc2)c2ccc3c(c2)OCCO3)cc1. The third-order valence-corrected chi connectivity index (χ3v) is 6.85. The van der Waals surface area contributed by atoms with Crippen molar-refractivity contribution in [1.82, 2.24) is 0 Å². The van der Waals surface area contributed by atoms with E-state index in [0.29, 0.717) is 36.0 Å². The molecule has 0 spiro atoms. The van der Waals surface area contributed by atoms with E-state index in [1.165, 1.54) is 35.5 Å². The monoisotopic (exact) mass is 449 g/mol. The van der Waals surface area contributed by atoms with Gasteiger partial charge in [-0.25, -0.2) is 8.42 Å². The van der Waals surface area contributed by atoms with E-state index >= 15 is 0 Å². The number of ether oxygens (including phenoxy) is 2. The first-order chi connectivity index (χ1) is 15.4. The average molecular weight is 450 g/mol. The number of sulfonamides is 1. The first kappa shape index (κ1) is 21.6. The Bertz CT molecular complexity index is 1240. The molecule has 0 saturated heterocycles. The van der Waals surface area contributed by atoms with Crippen LogP contribution < -0.4 is 13.8 Å². The van der Waals surface area contributed by atoms with Gasteiger partial charge >= 0.3 is 0 Å². The lowest BCUT2D eigenvalue weighted by Crippen LogP contribution is -2.31. The van der Waals surface area contributed by atoms with E-state index in [1.807, 2.05) is 36.4 Å². The zero-order valence-electron chi connectivity index (χ0n) is 17.6. The minimum Gasteiger partial charge on any atom is -0.486 e. The van der Waals surface area contributed by atoms with E-state index < -0.39 is 10.0 Å². The zero-order chi connectivity index (χ0) is 22.6. The third kappa shape index (κ3) is 4.68. The van der Waals surface area contributed by atoms with E-state index in [1.54, 1.807) is 24.3 Å². The molecule has 4 rings (SSSR count). The average Bonchev–Trinajstić information content (AvgIpc) is 2.82. The number of hydrogen-bond acceptors (Lipinski definition) is 5. The Labute approximate surface area is 187 Å². The highest BCUT2D eigenvalue weighted by molar-refractivity contribution is 7.92. The summed E-state index contributed by atoms with van der Waals surface area (Å²) in [6.07, 6.45) is 3.67. The highest BCUT2D eigenvalue weighted by Gasteiger charge is 2.26. The Balaban J connectivity index is 1.70. The van der Waals surface area contributed by atoms with Crippen LogP contribution in [0.5, 0.6) is 11.5 Å². The predicted octanol–water partition coefficient (Wildman–Crippen LogP) is 4.57. The first-order valence-corrected chi connectivity index (χ1v) is 11.6. The predicted molar refractivity (Wildman–Crippen MR) is 124 cm³/mol. The number of fused-ring (bicyclic) bond motifs is 1. The molecule has 0 saturated carbocycles. The summed E-state index contributed by atoms with van der Waals surface area (Å²) in [5.74, 6) is 0.972. The van der Waals surface area contributed by atoms with E-state index in [0.717, 1.165) is 5.56 Å². The van der Waals surface area contributed by atoms with Crippen LogP contribution in [0.3, 0.4) is 0 Å². The quantitative estimate of drug-likeness (QED) is 0.494. The van der Waals surface area contributed by atoms with Crippen molar-refractivity contribution in [1.29, 1.82) is 0 Å². The van der Waals surface area contributed by atoms with E-state index in [9.17, 15) is 13.2 Å². The van der Waals surface area contributed by atoms with Crippen molar-refractivity contribution < 1.29 is 22.7 Å². The molecule has 0 atom stereocenters. The lowest BCUT2D eigenvalue weighted by atomic mass is 10.2. The molecule has 0 radical (unpaired) electrons. The van der Waals surface area contributed by atoms with Gasteiger partial charge < -0.3 is 9.47 Å². The molecule has 0 unspecified atom stereocenters. The van der Waals surface area contributed by atoms with Gasteiger partial charge in [0.1, 0.15) is 13.2 Å². The molecule has 1 aliphatic rings. The van der Waals surface area contributed by atoms with Gasteiger partial charge in [0, 0.05) is 11.6 Å². The summed E-state index contributed by atoms with van der Waals surface area (Å²) in [7, 11) is -3.90. The Kier molecular flexibility index (Phi) is 6.28. The summed E-state index contributed by atoms with van der Waals surface area (Å²) < 4.78 is 39.6. The standard InChI is InChI=1S/C25H23NO5S/c1-19(27)21-9-12-23(13-10-21)32(28,29)26(15-5-8-20-6-3-2-4-7-20)22-11-14-24-25(18-22)31-17-16-30-24/h2-14,18H,15-17H2,1H3/b8-5+. The van der Waals surface area contributed by atoms with Gasteiger partial charge in [-0.2, -0.15) is 0 Å². The fourth-order valence-corrected chi connectivity index (χ4v) is 4.77. The van der Waals surface area contributed by atoms with Gasteiger partial charge in [0.25, 0.3) is 10.0 Å². The van der Waals surface area contributed by atoms with Crippen molar-refractivity contribution in [3.63, 3.8) is 0 Å². The van der Waals surface area contributed by atoms with Crippen molar-refractivity contribution >= 4 is 27.6 Å². The second-order valence-electron chi connectivity index (χ2n) is 7.26. The fourth-order valence-electron chi connectivity index (χ4n) is 3.37. The van der Waals surface area contributed by atoms with Crippen molar-refractivity contribution in [3.05, 3.63) is 90.0 Å². The lowest BCUT2D eigenvalue weighted by Gasteiger charge is -2.25. The van der Waals surface area contributed by atoms with Crippen LogP contribution in [0.4, 0.5) is 5.69 Å². The number of rotatable bonds is 7. The smallest absolute Gasteiger partial charge is 0.264 e. The molecule has 0 aliphatic carbocycles. The van der Waals surface area contributed by atoms with Crippen molar-refractivity contribution in [2.24, 2.45) is 0 Å². The van der Waals surface area contributed by atoms with Gasteiger partial charge in [-0.15, -0.1) is 0 Å². The minimum atomic E-state index is -3.90. The maximum Gasteiger partial charge on any atom is 0.264 e. The molecule has 0 bridgehead atoms. The second-order valence-corrected chi connectivity index (χ2v) is 9.12. The number of anilines is 1. The molecule has 1 heterocycles. The van der Waals surface area contributed by atoms with Crippen molar-refractivity contribution in [3.8, 4) is 11.5 Å². The van der Waals surface area contributed by atoms with Crippen LogP contribution in [-0.4, -0.2) is 34.0 Å². The molecule has 0 aromatic heterocycles. The molecule has 3 aromatic carbocycles. The topological polar surface area (TPSA) is 72.9 Å². The molecule has 0 N–H and O–H groups in total. The van der Waals surface area contributed by atoms with Gasteiger partial charge in [0.15, 0.2) is 17.3 Å². The van der Waals surface area contributed by atoms with Gasteiger partial charge in [-0.05, 0) is 36.8 Å². The summed E-state index contributed by atoms with van der Waals surface area (Å²) in [5, 5.41) is 0. The molecule has 0 amide bonds. The second kappa shape index (κ2) is 9.28. The number of benzene rings is 3. The summed E-state index contributed by atoms with van der Waals surface area (Å²) in [6, 6.07) is 20.7. The Hall–Kier alpha value is -3.58. The van der Waals surface area contributed by atoms with Gasteiger partial charge in [-0.1, -0.05) is 54.6 Å². The normalized spacial score (nSPS) is 13.2. The summed E-state index contributed by atoms with van der Waals surface area (Å²) in [4.78, 5) is 11.7. The van der Waals surface area contributed by atoms with Crippen LogP contribution in [0.2, 0.25) is 0 Å². The number of carbonyl (C=O) groups is 1. The van der Waals surface area contributed by atoms with Crippen molar-refractivity contribution in [2.75, 3.05) is 24.1 Å². The highest BCUT2D eigenvalue weighted by atomic mass is 32.2. The van der Waals surface area contributed by atoms with Crippen LogP contribution in [0.1, 0.15) is 22.8 Å². The van der Waals surface area contributed by atoms with Gasteiger partial charge in [0.2, 0.25) is 0 Å². The maximum absolute atomic E-state index is 13.6. The zero-order valence-corrected chi connectivity index (χ0v) is 18.4. The molecule has 32 heavy (non-hydrogen) atoms. The summed E-state index contributed by atoms with van der Waals surface area (Å²) >= 11 is 0. The minimum absolute atomic E-state index is 0.102. The molecule has 6 nitrogen and oxygen atoms in total. The van der Waals surface area contributed by atoms with Crippen LogP contribution in [0.15, 0.2) is 83.8 Å². The van der Waals surface area contributed by atoms with E-state index in [-0.39, 0.29) is 17.2 Å². The molecular formula is C25H23NO5S. The van der Waals surface area contributed by atoms with Crippen molar-refractivity contribution in [2.45, 2.75) is 11.8 Å². The van der Waals surface area contributed by atoms with Crippen LogP contribution in [-0.2, 0) is 10.0 Å². The molecule has 164 valence electrons. The Morgan fingerprint density at radius 2 is 1.62 bits per heavy atom. The highest BCUT2D eigenvalue weighted by Crippen LogP contribution is 2.35. The molecule has 7 heteroatoms. The largest absolute Gasteiger partial charge is 0.486 e. The number of Topliss-reactive ketones (excluding diaryl/α,β-unsaturated/α-hetero) is 1. The molecule has 1 aliphatic heterocycles. The Morgan fingerprint density at radius 1 is 0.938 bits per heavy atom. The van der Waals surface area contributed by atoms with Crippen LogP contribution >= 0.6 is 0 Å². The molecule has 3 aromatic rings. The van der Waals surface area contributed by atoms with Crippen LogP contribution in [0, 0.1) is 0 Å². The fraction of sp³-hybridized carbons (Fsp3) is 0.160. The summed E-state index contributed by atoms with van der Waals surface area (Å²) in [6.45, 7) is 2.42. The maximum atomic E-state index is 13.6. The number of hydrogen-bond donors (Lipinski definition) is 0. The molecular weight excluding hydrogens is 426 g/mol. The third-order valence-electron chi connectivity index (χ3n) is 5.04. The number of ketones is 1. The van der Waals surface area contributed by atoms with Gasteiger partial charge in [-0.3, -0.25) is 9.10 Å². The number of nitrogens with zero attached hydrogens (tertiary/aromatic N) is 1. The van der Waals surface area contributed by atoms with E-state index in [2.05, 4.69) is 0 Å². The Morgan fingerprint density at radius 3 is 2.31 bits per heavy atom. The van der Waals surface area contributed by atoms with Gasteiger partial charge in [0.05, 0.1) is 17.1 Å².